The number of aliphatic hydroxyl groups is 1. The van der Waals surface area contributed by atoms with Crippen LogP contribution in [0.15, 0.2) is 60.8 Å². The maximum absolute atomic E-state index is 15.2. The molecule has 0 unspecified atom stereocenters. The number of hydrogen-bond donors (Lipinski definition) is 1. The minimum atomic E-state index is -1.00. The zero-order valence-electron chi connectivity index (χ0n) is 16.5. The number of fused-ring (bicyclic) bond motifs is 1. The van der Waals surface area contributed by atoms with E-state index < -0.39 is 17.2 Å². The molecular weight excluding hydrogens is 384 g/mol. The Kier molecular flexibility index (Phi) is 4.84. The van der Waals surface area contributed by atoms with E-state index in [2.05, 4.69) is 11.2 Å². The molecule has 0 aliphatic heterocycles. The molecule has 30 heavy (non-hydrogen) atoms. The first kappa shape index (κ1) is 19.7. The molecule has 4 aromatic rings. The maximum Gasteiger partial charge on any atom is 0.133 e. The second kappa shape index (κ2) is 7.36. The van der Waals surface area contributed by atoms with Crippen molar-refractivity contribution in [3.8, 4) is 28.3 Å². The van der Waals surface area contributed by atoms with E-state index >= 15 is 4.39 Å². The molecule has 150 valence electrons. The quantitative estimate of drug-likeness (QED) is 0.504. The lowest BCUT2D eigenvalue weighted by atomic mass is 9.90. The molecular formula is C24H19F2N3O. The van der Waals surface area contributed by atoms with Crippen molar-refractivity contribution < 1.29 is 13.9 Å². The van der Waals surface area contributed by atoms with Crippen molar-refractivity contribution >= 4 is 10.9 Å². The average molecular weight is 403 g/mol. The molecule has 4 nitrogen and oxygen atoms in total. The number of halogens is 2. The molecule has 0 bridgehead atoms. The number of rotatable bonds is 4. The zero-order chi connectivity index (χ0) is 21.5. The van der Waals surface area contributed by atoms with Gasteiger partial charge in [0.2, 0.25) is 0 Å². The molecule has 1 N–H and O–H groups in total. The predicted octanol–water partition coefficient (Wildman–Crippen LogP) is 5.29. The van der Waals surface area contributed by atoms with Crippen molar-refractivity contribution in [2.45, 2.75) is 26.0 Å². The summed E-state index contributed by atoms with van der Waals surface area (Å²) in [5.74, 6) is -0.928. The van der Waals surface area contributed by atoms with Crippen molar-refractivity contribution in [3.63, 3.8) is 0 Å². The van der Waals surface area contributed by atoms with E-state index in [0.29, 0.717) is 38.7 Å². The summed E-state index contributed by atoms with van der Waals surface area (Å²) in [6.45, 7) is 3.53. The lowest BCUT2D eigenvalue weighted by Gasteiger charge is -2.18. The highest BCUT2D eigenvalue weighted by Crippen LogP contribution is 2.37. The number of nitriles is 1. The van der Waals surface area contributed by atoms with Gasteiger partial charge < -0.3 is 5.11 Å². The Bertz CT molecular complexity index is 1300. The Morgan fingerprint density at radius 3 is 2.53 bits per heavy atom. The van der Waals surface area contributed by atoms with Gasteiger partial charge in [-0.05, 0) is 49.2 Å². The van der Waals surface area contributed by atoms with Gasteiger partial charge in [0.25, 0.3) is 0 Å². The van der Waals surface area contributed by atoms with E-state index in [9.17, 15) is 14.8 Å². The summed E-state index contributed by atoms with van der Waals surface area (Å²) in [7, 11) is 0. The highest BCUT2D eigenvalue weighted by Gasteiger charge is 2.20. The summed E-state index contributed by atoms with van der Waals surface area (Å²) >= 11 is 0. The van der Waals surface area contributed by atoms with E-state index in [1.165, 1.54) is 18.2 Å². The second-order valence-electron chi connectivity index (χ2n) is 7.86. The lowest BCUT2D eigenvalue weighted by Crippen LogP contribution is -2.26. The van der Waals surface area contributed by atoms with Crippen LogP contribution in [-0.4, -0.2) is 20.5 Å². The summed E-state index contributed by atoms with van der Waals surface area (Å²) in [6, 6.07) is 16.1. The van der Waals surface area contributed by atoms with Crippen LogP contribution < -0.4 is 0 Å². The number of benzene rings is 3. The minimum Gasteiger partial charge on any atom is -0.389 e. The Morgan fingerprint density at radius 1 is 1.07 bits per heavy atom. The Morgan fingerprint density at radius 2 is 1.83 bits per heavy atom. The smallest absolute Gasteiger partial charge is 0.133 e. The molecule has 1 aromatic heterocycles. The van der Waals surface area contributed by atoms with Gasteiger partial charge in [-0.15, -0.1) is 0 Å². The number of aromatic nitrogens is 2. The second-order valence-corrected chi connectivity index (χ2v) is 7.86. The molecule has 0 radical (unpaired) electrons. The fraction of sp³-hybridized carbons (Fsp3) is 0.167. The van der Waals surface area contributed by atoms with Gasteiger partial charge in [0, 0.05) is 22.6 Å². The summed E-state index contributed by atoms with van der Waals surface area (Å²) < 4.78 is 30.7. The predicted molar refractivity (Wildman–Crippen MR) is 112 cm³/mol. The molecule has 3 aromatic carbocycles. The van der Waals surface area contributed by atoms with Crippen LogP contribution in [0.2, 0.25) is 0 Å². The van der Waals surface area contributed by atoms with Crippen molar-refractivity contribution in [3.05, 3.63) is 78.0 Å². The van der Waals surface area contributed by atoms with Crippen LogP contribution in [0.1, 0.15) is 19.4 Å². The van der Waals surface area contributed by atoms with Crippen LogP contribution in [0, 0.1) is 23.0 Å². The molecule has 1 heterocycles. The Balaban J connectivity index is 1.93. The first-order valence-corrected chi connectivity index (χ1v) is 9.44. The standard InChI is InChI=1S/C24H19F2N3O/c1-24(2,30)14-29-22-11-21(26)20(10-17(22)13-28-29)19-8-4-6-16(12-27)23(19)15-5-3-7-18(25)9-15/h3-11,13,30H,14H2,1-2H3. The third-order valence-electron chi connectivity index (χ3n) is 4.86. The van der Waals surface area contributed by atoms with Crippen LogP contribution in [0.4, 0.5) is 8.78 Å². The molecule has 0 aliphatic rings. The van der Waals surface area contributed by atoms with Crippen LogP contribution in [-0.2, 0) is 6.54 Å². The SMILES string of the molecule is CC(C)(O)Cn1ncc2cc(-c3cccc(C#N)c3-c3cccc(F)c3)c(F)cc21. The van der Waals surface area contributed by atoms with E-state index in [1.807, 2.05) is 0 Å². The highest BCUT2D eigenvalue weighted by molar-refractivity contribution is 5.92. The maximum atomic E-state index is 15.2. The average Bonchev–Trinajstić information content (AvgIpc) is 3.06. The zero-order valence-corrected chi connectivity index (χ0v) is 16.5. The van der Waals surface area contributed by atoms with E-state index in [0.717, 1.165) is 0 Å². The normalized spacial score (nSPS) is 11.6. The molecule has 0 aliphatic carbocycles. The molecule has 0 fully saturated rings. The van der Waals surface area contributed by atoms with Crippen LogP contribution in [0.3, 0.4) is 0 Å². The van der Waals surface area contributed by atoms with Gasteiger partial charge >= 0.3 is 0 Å². The molecule has 0 spiro atoms. The van der Waals surface area contributed by atoms with Gasteiger partial charge in [-0.1, -0.05) is 24.3 Å². The number of hydrogen-bond acceptors (Lipinski definition) is 3. The van der Waals surface area contributed by atoms with E-state index in [1.54, 1.807) is 61.1 Å². The van der Waals surface area contributed by atoms with Crippen molar-refractivity contribution in [1.82, 2.24) is 9.78 Å². The third kappa shape index (κ3) is 3.68. The molecule has 4 rings (SSSR count). The first-order chi connectivity index (χ1) is 14.3. The van der Waals surface area contributed by atoms with Crippen LogP contribution in [0.25, 0.3) is 33.2 Å². The monoisotopic (exact) mass is 403 g/mol. The molecule has 0 atom stereocenters. The summed E-state index contributed by atoms with van der Waals surface area (Å²) in [4.78, 5) is 0. The number of nitrogens with zero attached hydrogens (tertiary/aromatic N) is 3. The van der Waals surface area contributed by atoms with Gasteiger partial charge in [-0.2, -0.15) is 10.4 Å². The van der Waals surface area contributed by atoms with Crippen LogP contribution >= 0.6 is 0 Å². The third-order valence-corrected chi connectivity index (χ3v) is 4.86. The van der Waals surface area contributed by atoms with Crippen molar-refractivity contribution in [2.75, 3.05) is 0 Å². The Hall–Kier alpha value is -3.56. The largest absolute Gasteiger partial charge is 0.389 e. The van der Waals surface area contributed by atoms with E-state index in [-0.39, 0.29) is 6.54 Å². The topological polar surface area (TPSA) is 61.8 Å². The molecule has 0 saturated carbocycles. The molecule has 6 heteroatoms. The molecule has 0 amide bonds. The van der Waals surface area contributed by atoms with Gasteiger partial charge in [0.1, 0.15) is 11.6 Å². The molecule has 0 saturated heterocycles. The van der Waals surface area contributed by atoms with Gasteiger partial charge in [-0.25, -0.2) is 8.78 Å². The van der Waals surface area contributed by atoms with Crippen molar-refractivity contribution in [1.29, 1.82) is 5.26 Å². The first-order valence-electron chi connectivity index (χ1n) is 9.44. The van der Waals surface area contributed by atoms with Gasteiger partial charge in [-0.3, -0.25) is 4.68 Å². The minimum absolute atomic E-state index is 0.216. The Labute approximate surface area is 172 Å². The van der Waals surface area contributed by atoms with Crippen LogP contribution in [0.5, 0.6) is 0 Å². The van der Waals surface area contributed by atoms with E-state index in [4.69, 9.17) is 0 Å². The summed E-state index contributed by atoms with van der Waals surface area (Å²) in [6.07, 6.45) is 1.61. The van der Waals surface area contributed by atoms with Crippen molar-refractivity contribution in [2.24, 2.45) is 0 Å². The summed E-state index contributed by atoms with van der Waals surface area (Å²) in [5, 5.41) is 24.6. The van der Waals surface area contributed by atoms with Gasteiger partial charge in [0.05, 0.1) is 35.5 Å². The van der Waals surface area contributed by atoms with Gasteiger partial charge in [0.15, 0.2) is 0 Å². The highest BCUT2D eigenvalue weighted by atomic mass is 19.1. The fourth-order valence-corrected chi connectivity index (χ4v) is 3.62. The fourth-order valence-electron chi connectivity index (χ4n) is 3.62. The lowest BCUT2D eigenvalue weighted by molar-refractivity contribution is 0.0591. The summed E-state index contributed by atoms with van der Waals surface area (Å²) in [5.41, 5.74) is 1.65.